The fraction of sp³-hybridized carbons (Fsp3) is 0.344. The Hall–Kier alpha value is -4.64. The summed E-state index contributed by atoms with van der Waals surface area (Å²) in [5.41, 5.74) is 2.50. The summed E-state index contributed by atoms with van der Waals surface area (Å²) in [5, 5.41) is 8.21. The number of amides is 2. The number of urea groups is 1. The molecule has 0 saturated carbocycles. The minimum absolute atomic E-state index is 0.0310. The fourth-order valence-electron chi connectivity index (χ4n) is 4.80. The molecule has 1 aliphatic heterocycles. The molecule has 0 unspecified atom stereocenters. The van der Waals surface area contributed by atoms with Crippen LogP contribution in [0.15, 0.2) is 60.7 Å². The molecule has 3 aromatic rings. The molecule has 4 rings (SSSR count). The van der Waals surface area contributed by atoms with E-state index in [0.717, 1.165) is 37.2 Å². The van der Waals surface area contributed by atoms with E-state index in [1.807, 2.05) is 6.07 Å². The Kier molecular flexibility index (Phi) is 11.3. The van der Waals surface area contributed by atoms with E-state index in [2.05, 4.69) is 20.9 Å². The number of piperidine rings is 1. The van der Waals surface area contributed by atoms with E-state index < -0.39 is 17.8 Å². The van der Waals surface area contributed by atoms with Crippen molar-refractivity contribution in [2.75, 3.05) is 62.5 Å². The smallest absolute Gasteiger partial charge is 0.337 e. The second-order valence-corrected chi connectivity index (χ2v) is 10.1. The van der Waals surface area contributed by atoms with Crippen molar-refractivity contribution in [2.24, 2.45) is 0 Å². The molecule has 10 nitrogen and oxygen atoms in total. The Labute approximate surface area is 250 Å². The Morgan fingerprint density at radius 2 is 1.65 bits per heavy atom. The molecule has 0 bridgehead atoms. The second-order valence-electron chi connectivity index (χ2n) is 10.1. The summed E-state index contributed by atoms with van der Waals surface area (Å²) < 4.78 is 30.1. The lowest BCUT2D eigenvalue weighted by atomic mass is 10.1. The fourth-order valence-corrected chi connectivity index (χ4v) is 4.80. The van der Waals surface area contributed by atoms with Crippen molar-refractivity contribution >= 4 is 34.8 Å². The molecule has 11 heteroatoms. The van der Waals surface area contributed by atoms with Gasteiger partial charge in [-0.05, 0) is 67.3 Å². The van der Waals surface area contributed by atoms with Crippen LogP contribution in [0, 0.1) is 5.82 Å². The molecule has 2 amide bonds. The molecule has 3 aromatic carbocycles. The van der Waals surface area contributed by atoms with Crippen molar-refractivity contribution in [1.29, 1.82) is 0 Å². The number of nitrogens with zero attached hydrogens (tertiary/aromatic N) is 1. The van der Waals surface area contributed by atoms with Crippen LogP contribution < -0.4 is 30.3 Å². The molecule has 228 valence electrons. The zero-order chi connectivity index (χ0) is 30.6. The van der Waals surface area contributed by atoms with E-state index in [0.29, 0.717) is 35.9 Å². The highest BCUT2D eigenvalue weighted by Crippen LogP contribution is 2.32. The number of benzene rings is 3. The first-order valence-electron chi connectivity index (χ1n) is 14.2. The summed E-state index contributed by atoms with van der Waals surface area (Å²) in [6, 6.07) is 15.6. The quantitative estimate of drug-likeness (QED) is 0.187. The number of para-hydroxylation sites is 1. The van der Waals surface area contributed by atoms with Gasteiger partial charge in [0.1, 0.15) is 23.9 Å². The first-order valence-corrected chi connectivity index (χ1v) is 14.2. The Morgan fingerprint density at radius 1 is 0.884 bits per heavy atom. The number of rotatable bonds is 13. The first kappa shape index (κ1) is 31.3. The van der Waals surface area contributed by atoms with Crippen LogP contribution in [0.1, 0.15) is 35.2 Å². The Morgan fingerprint density at radius 3 is 2.40 bits per heavy atom. The van der Waals surface area contributed by atoms with Gasteiger partial charge in [-0.15, -0.1) is 0 Å². The Balaban J connectivity index is 1.25. The van der Waals surface area contributed by atoms with Gasteiger partial charge in [-0.3, -0.25) is 4.79 Å². The number of ether oxygens (including phenoxy) is 3. The van der Waals surface area contributed by atoms with Gasteiger partial charge in [0, 0.05) is 26.1 Å². The van der Waals surface area contributed by atoms with Crippen LogP contribution in [0.5, 0.6) is 11.5 Å². The number of anilines is 3. The lowest BCUT2D eigenvalue weighted by Gasteiger charge is -2.30. The molecule has 0 radical (unpaired) electrons. The van der Waals surface area contributed by atoms with Crippen molar-refractivity contribution < 1.29 is 33.0 Å². The van der Waals surface area contributed by atoms with Crippen LogP contribution in [0.25, 0.3) is 0 Å². The van der Waals surface area contributed by atoms with Gasteiger partial charge in [0.2, 0.25) is 0 Å². The van der Waals surface area contributed by atoms with Crippen molar-refractivity contribution in [3.63, 3.8) is 0 Å². The standard InChI is InChI=1S/C32H37FN4O6/c1-41-30-19-22(10-12-27(30)36-32(40)35-26-9-5-4-8-25(26)33)18-24(38)21-34-14-17-43-29-13-11-23(31(39)42-2)20-28(29)37-15-6-3-7-16-37/h4-5,8-13,19-20,34H,3,6-7,14-18,21H2,1-2H3,(H2,35,36,40). The van der Waals surface area contributed by atoms with Gasteiger partial charge in [-0.1, -0.05) is 18.2 Å². The third-order valence-corrected chi connectivity index (χ3v) is 6.97. The zero-order valence-electron chi connectivity index (χ0n) is 24.4. The largest absolute Gasteiger partial charge is 0.495 e. The average Bonchev–Trinajstić information content (AvgIpc) is 3.02. The van der Waals surface area contributed by atoms with Crippen LogP contribution >= 0.6 is 0 Å². The number of methoxy groups -OCH3 is 2. The predicted molar refractivity (Wildman–Crippen MR) is 163 cm³/mol. The minimum atomic E-state index is -0.624. The van der Waals surface area contributed by atoms with E-state index >= 15 is 0 Å². The second kappa shape index (κ2) is 15.5. The number of halogens is 1. The number of carbonyl (C=O) groups excluding carboxylic acids is 3. The highest BCUT2D eigenvalue weighted by atomic mass is 19.1. The normalized spacial score (nSPS) is 12.8. The number of nitrogens with one attached hydrogen (secondary N) is 3. The summed E-state index contributed by atoms with van der Waals surface area (Å²) >= 11 is 0. The maximum atomic E-state index is 13.8. The molecule has 1 heterocycles. The van der Waals surface area contributed by atoms with Crippen LogP contribution in [-0.4, -0.2) is 64.8 Å². The predicted octanol–water partition coefficient (Wildman–Crippen LogP) is 5.04. The minimum Gasteiger partial charge on any atom is -0.495 e. The monoisotopic (exact) mass is 592 g/mol. The lowest BCUT2D eigenvalue weighted by molar-refractivity contribution is -0.117. The summed E-state index contributed by atoms with van der Waals surface area (Å²) in [7, 11) is 2.82. The molecule has 0 atom stereocenters. The van der Waals surface area contributed by atoms with Crippen LogP contribution in [0.4, 0.5) is 26.2 Å². The van der Waals surface area contributed by atoms with Crippen molar-refractivity contribution in [3.8, 4) is 11.5 Å². The molecule has 1 fully saturated rings. The average molecular weight is 593 g/mol. The zero-order valence-corrected chi connectivity index (χ0v) is 24.4. The van der Waals surface area contributed by atoms with E-state index in [1.165, 1.54) is 38.8 Å². The number of esters is 1. The lowest BCUT2D eigenvalue weighted by Crippen LogP contribution is -2.31. The third-order valence-electron chi connectivity index (χ3n) is 6.97. The van der Waals surface area contributed by atoms with Crippen molar-refractivity contribution in [2.45, 2.75) is 25.7 Å². The van der Waals surface area contributed by atoms with Gasteiger partial charge in [-0.2, -0.15) is 0 Å². The maximum absolute atomic E-state index is 13.8. The summed E-state index contributed by atoms with van der Waals surface area (Å²) in [6.07, 6.45) is 3.52. The van der Waals surface area contributed by atoms with E-state index in [1.54, 1.807) is 36.4 Å². The molecule has 0 aromatic heterocycles. The molecule has 0 spiro atoms. The number of carbonyl (C=O) groups is 3. The van der Waals surface area contributed by atoms with Crippen LogP contribution in [0.2, 0.25) is 0 Å². The van der Waals surface area contributed by atoms with Crippen LogP contribution in [-0.2, 0) is 16.0 Å². The molecule has 3 N–H and O–H groups in total. The van der Waals surface area contributed by atoms with Gasteiger partial charge < -0.3 is 35.1 Å². The van der Waals surface area contributed by atoms with Gasteiger partial charge in [0.25, 0.3) is 0 Å². The SMILES string of the molecule is COC(=O)c1ccc(OCCNCC(=O)Cc2ccc(NC(=O)Nc3ccccc3F)c(OC)c2)c(N2CCCCC2)c1. The Bertz CT molecular complexity index is 1430. The number of hydrogen-bond acceptors (Lipinski definition) is 8. The summed E-state index contributed by atoms with van der Waals surface area (Å²) in [5.74, 6) is 0.0921. The van der Waals surface area contributed by atoms with E-state index in [9.17, 15) is 18.8 Å². The van der Waals surface area contributed by atoms with Crippen molar-refractivity contribution in [1.82, 2.24) is 5.32 Å². The first-order chi connectivity index (χ1) is 20.9. The molecule has 1 aliphatic rings. The van der Waals surface area contributed by atoms with Gasteiger partial charge >= 0.3 is 12.0 Å². The third kappa shape index (κ3) is 8.92. The molecular formula is C32H37FN4O6. The van der Waals surface area contributed by atoms with Gasteiger partial charge in [0.15, 0.2) is 5.78 Å². The molecule has 43 heavy (non-hydrogen) atoms. The van der Waals surface area contributed by atoms with Crippen LogP contribution in [0.3, 0.4) is 0 Å². The number of ketones is 1. The topological polar surface area (TPSA) is 118 Å². The number of Topliss-reactive ketones (excluding diaryl/α,β-unsaturated/α-hetero) is 1. The highest BCUT2D eigenvalue weighted by molar-refractivity contribution is 6.00. The van der Waals surface area contributed by atoms with E-state index in [4.69, 9.17) is 14.2 Å². The summed E-state index contributed by atoms with van der Waals surface area (Å²) in [4.78, 5) is 39.3. The molecule has 0 aliphatic carbocycles. The molecular weight excluding hydrogens is 555 g/mol. The molecule has 1 saturated heterocycles. The highest BCUT2D eigenvalue weighted by Gasteiger charge is 2.18. The van der Waals surface area contributed by atoms with Gasteiger partial charge in [0.05, 0.1) is 43.4 Å². The van der Waals surface area contributed by atoms with Gasteiger partial charge in [-0.25, -0.2) is 14.0 Å². The maximum Gasteiger partial charge on any atom is 0.337 e. The number of hydrogen-bond donors (Lipinski definition) is 3. The van der Waals surface area contributed by atoms with E-state index in [-0.39, 0.29) is 24.4 Å². The summed E-state index contributed by atoms with van der Waals surface area (Å²) in [6.45, 7) is 2.74. The van der Waals surface area contributed by atoms with Crippen molar-refractivity contribution in [3.05, 3.63) is 77.6 Å².